The van der Waals surface area contributed by atoms with Crippen LogP contribution >= 0.6 is 11.6 Å². The van der Waals surface area contributed by atoms with Gasteiger partial charge in [0.15, 0.2) is 5.78 Å². The van der Waals surface area contributed by atoms with Crippen LogP contribution in [0.4, 0.5) is 4.39 Å². The van der Waals surface area contributed by atoms with Crippen molar-refractivity contribution in [2.75, 3.05) is 6.54 Å². The van der Waals surface area contributed by atoms with Gasteiger partial charge in [0.1, 0.15) is 11.5 Å². The summed E-state index contributed by atoms with van der Waals surface area (Å²) in [5.74, 6) is -0.811. The molecule has 0 atom stereocenters. The van der Waals surface area contributed by atoms with Gasteiger partial charge in [-0.2, -0.15) is 0 Å². The standard InChI is InChI=1S/C12H12ClFN4O/c13-12-8(2-1-3-9(12)14)6-11(19)10-7-18(5-4-15)17-16-10/h1-3,7H,4-6,15H2. The Bertz CT molecular complexity index is 599. The van der Waals surface area contributed by atoms with Crippen molar-refractivity contribution in [1.82, 2.24) is 15.0 Å². The van der Waals surface area contributed by atoms with Crippen molar-refractivity contribution < 1.29 is 9.18 Å². The SMILES string of the molecule is NCCn1cc(C(=O)Cc2cccc(F)c2Cl)nn1. The molecular weight excluding hydrogens is 271 g/mol. The molecule has 0 aliphatic rings. The smallest absolute Gasteiger partial charge is 0.189 e. The van der Waals surface area contributed by atoms with Crippen molar-refractivity contribution in [3.8, 4) is 0 Å². The predicted molar refractivity (Wildman–Crippen MR) is 68.5 cm³/mol. The summed E-state index contributed by atoms with van der Waals surface area (Å²) in [4.78, 5) is 12.0. The van der Waals surface area contributed by atoms with E-state index in [2.05, 4.69) is 10.3 Å². The van der Waals surface area contributed by atoms with Gasteiger partial charge < -0.3 is 5.73 Å². The third-order valence-electron chi connectivity index (χ3n) is 2.57. The number of halogens is 2. The topological polar surface area (TPSA) is 73.8 Å². The Morgan fingerprint density at radius 1 is 1.47 bits per heavy atom. The van der Waals surface area contributed by atoms with Crippen LogP contribution in [-0.2, 0) is 13.0 Å². The van der Waals surface area contributed by atoms with Crippen LogP contribution in [0.3, 0.4) is 0 Å². The highest BCUT2D eigenvalue weighted by Gasteiger charge is 2.14. The molecular formula is C12H12ClFN4O. The van der Waals surface area contributed by atoms with Crippen LogP contribution in [0, 0.1) is 5.82 Å². The van der Waals surface area contributed by atoms with Crippen LogP contribution in [0.25, 0.3) is 0 Å². The second kappa shape index (κ2) is 5.90. The van der Waals surface area contributed by atoms with E-state index in [0.29, 0.717) is 18.7 Å². The number of ketones is 1. The molecule has 0 unspecified atom stereocenters. The maximum Gasteiger partial charge on any atom is 0.189 e. The normalized spacial score (nSPS) is 10.7. The van der Waals surface area contributed by atoms with Gasteiger partial charge in [-0.3, -0.25) is 9.48 Å². The molecule has 0 saturated carbocycles. The van der Waals surface area contributed by atoms with Crippen molar-refractivity contribution in [1.29, 1.82) is 0 Å². The fourth-order valence-corrected chi connectivity index (χ4v) is 1.81. The average Bonchev–Trinajstić information content (AvgIpc) is 2.84. The monoisotopic (exact) mass is 282 g/mol. The molecule has 0 aliphatic heterocycles. The minimum atomic E-state index is -0.543. The van der Waals surface area contributed by atoms with E-state index < -0.39 is 5.82 Å². The largest absolute Gasteiger partial charge is 0.329 e. The molecule has 1 aromatic heterocycles. The zero-order valence-corrected chi connectivity index (χ0v) is 10.8. The molecule has 0 spiro atoms. The first-order valence-corrected chi connectivity index (χ1v) is 6.06. The van der Waals surface area contributed by atoms with Gasteiger partial charge in [-0.15, -0.1) is 5.10 Å². The number of carbonyl (C=O) groups is 1. The molecule has 100 valence electrons. The highest BCUT2D eigenvalue weighted by atomic mass is 35.5. The molecule has 2 aromatic rings. The molecule has 19 heavy (non-hydrogen) atoms. The maximum atomic E-state index is 13.2. The summed E-state index contributed by atoms with van der Waals surface area (Å²) >= 11 is 5.79. The Morgan fingerprint density at radius 2 is 2.26 bits per heavy atom. The van der Waals surface area contributed by atoms with E-state index in [0.717, 1.165) is 0 Å². The van der Waals surface area contributed by atoms with Gasteiger partial charge in [-0.1, -0.05) is 28.9 Å². The predicted octanol–water partition coefficient (Wildman–Crippen LogP) is 1.45. The Balaban J connectivity index is 2.14. The summed E-state index contributed by atoms with van der Waals surface area (Å²) in [7, 11) is 0. The molecule has 0 bridgehead atoms. The van der Waals surface area contributed by atoms with E-state index in [1.165, 1.54) is 23.0 Å². The van der Waals surface area contributed by atoms with Crippen LogP contribution in [0.1, 0.15) is 16.1 Å². The van der Waals surface area contributed by atoms with Crippen LogP contribution in [0.2, 0.25) is 5.02 Å². The highest BCUT2D eigenvalue weighted by molar-refractivity contribution is 6.31. The Labute approximate surface area is 114 Å². The van der Waals surface area contributed by atoms with Crippen LogP contribution in [0.15, 0.2) is 24.4 Å². The molecule has 0 fully saturated rings. The summed E-state index contributed by atoms with van der Waals surface area (Å²) < 4.78 is 14.7. The fourth-order valence-electron chi connectivity index (χ4n) is 1.62. The molecule has 7 heteroatoms. The van der Waals surface area contributed by atoms with Crippen LogP contribution < -0.4 is 5.73 Å². The fraction of sp³-hybridized carbons (Fsp3) is 0.250. The second-order valence-electron chi connectivity index (χ2n) is 3.97. The number of hydrogen-bond donors (Lipinski definition) is 1. The lowest BCUT2D eigenvalue weighted by Gasteiger charge is -2.02. The van der Waals surface area contributed by atoms with E-state index in [9.17, 15) is 9.18 Å². The minimum Gasteiger partial charge on any atom is -0.329 e. The zero-order chi connectivity index (χ0) is 13.8. The van der Waals surface area contributed by atoms with E-state index in [4.69, 9.17) is 17.3 Å². The first-order valence-electron chi connectivity index (χ1n) is 5.68. The van der Waals surface area contributed by atoms with Crippen LogP contribution in [0.5, 0.6) is 0 Å². The number of carbonyl (C=O) groups excluding carboxylic acids is 1. The molecule has 1 aromatic carbocycles. The summed E-state index contributed by atoms with van der Waals surface area (Å²) in [5.41, 5.74) is 6.02. The molecule has 1 heterocycles. The lowest BCUT2D eigenvalue weighted by atomic mass is 10.1. The van der Waals surface area contributed by atoms with Gasteiger partial charge in [0, 0.05) is 13.0 Å². The van der Waals surface area contributed by atoms with E-state index in [1.807, 2.05) is 0 Å². The van der Waals surface area contributed by atoms with Crippen molar-refractivity contribution >= 4 is 17.4 Å². The van der Waals surface area contributed by atoms with Crippen molar-refractivity contribution in [3.05, 3.63) is 46.5 Å². The van der Waals surface area contributed by atoms with Gasteiger partial charge in [0.05, 0.1) is 17.8 Å². The molecule has 0 amide bonds. The molecule has 2 N–H and O–H groups in total. The number of nitrogens with two attached hydrogens (primary N) is 1. The Morgan fingerprint density at radius 3 is 3.00 bits per heavy atom. The average molecular weight is 283 g/mol. The molecule has 0 aliphatic carbocycles. The summed E-state index contributed by atoms with van der Waals surface area (Å²) in [6, 6.07) is 4.36. The number of nitrogens with zero attached hydrogens (tertiary/aromatic N) is 3. The first-order chi connectivity index (χ1) is 9.11. The summed E-state index contributed by atoms with van der Waals surface area (Å²) in [6.07, 6.45) is 1.50. The van der Waals surface area contributed by atoms with Crippen molar-refractivity contribution in [2.45, 2.75) is 13.0 Å². The number of hydrogen-bond acceptors (Lipinski definition) is 4. The number of rotatable bonds is 5. The van der Waals surface area contributed by atoms with Crippen molar-refractivity contribution in [3.63, 3.8) is 0 Å². The first kappa shape index (κ1) is 13.6. The number of benzene rings is 1. The maximum absolute atomic E-state index is 13.2. The van der Waals surface area contributed by atoms with E-state index in [-0.39, 0.29) is 22.9 Å². The Hall–Kier alpha value is -1.79. The quantitative estimate of drug-likeness (QED) is 0.843. The highest BCUT2D eigenvalue weighted by Crippen LogP contribution is 2.20. The lowest BCUT2D eigenvalue weighted by molar-refractivity contribution is 0.0988. The van der Waals surface area contributed by atoms with Gasteiger partial charge in [0.2, 0.25) is 0 Å². The minimum absolute atomic E-state index is 0.0160. The molecule has 0 radical (unpaired) electrons. The van der Waals surface area contributed by atoms with Gasteiger partial charge in [0.25, 0.3) is 0 Å². The number of aromatic nitrogens is 3. The van der Waals surface area contributed by atoms with Gasteiger partial charge >= 0.3 is 0 Å². The van der Waals surface area contributed by atoms with E-state index in [1.54, 1.807) is 6.07 Å². The van der Waals surface area contributed by atoms with Crippen LogP contribution in [-0.4, -0.2) is 27.3 Å². The van der Waals surface area contributed by atoms with E-state index >= 15 is 0 Å². The molecule has 2 rings (SSSR count). The molecule has 5 nitrogen and oxygen atoms in total. The van der Waals surface area contributed by atoms with Crippen molar-refractivity contribution in [2.24, 2.45) is 5.73 Å². The van der Waals surface area contributed by atoms with Gasteiger partial charge in [-0.25, -0.2) is 4.39 Å². The zero-order valence-electron chi connectivity index (χ0n) is 10.0. The lowest BCUT2D eigenvalue weighted by Crippen LogP contribution is -2.10. The Kier molecular flexibility index (Phi) is 4.24. The number of Topliss-reactive ketones (excluding diaryl/α,β-unsaturated/α-hetero) is 1. The van der Waals surface area contributed by atoms with Gasteiger partial charge in [-0.05, 0) is 11.6 Å². The molecule has 0 saturated heterocycles. The summed E-state index contributed by atoms with van der Waals surface area (Å²) in [5, 5.41) is 7.48. The third-order valence-corrected chi connectivity index (χ3v) is 2.99. The third kappa shape index (κ3) is 3.15. The second-order valence-corrected chi connectivity index (χ2v) is 4.35. The summed E-state index contributed by atoms with van der Waals surface area (Å²) in [6.45, 7) is 0.897.